The number of nitrogens with zero attached hydrogens (tertiary/aromatic N) is 3. The molecule has 2 bridgehead atoms. The summed E-state index contributed by atoms with van der Waals surface area (Å²) in [5, 5.41) is 19.0. The van der Waals surface area contributed by atoms with E-state index >= 15 is 0 Å². The van der Waals surface area contributed by atoms with E-state index < -0.39 is 23.4 Å². The van der Waals surface area contributed by atoms with Crippen LogP contribution in [0.1, 0.15) is 80.0 Å². The molecule has 1 aliphatic carbocycles. The first-order valence-electron chi connectivity index (χ1n) is 14.9. The fourth-order valence-electron chi connectivity index (χ4n) is 6.70. The lowest BCUT2D eigenvalue weighted by atomic mass is 9.84. The van der Waals surface area contributed by atoms with E-state index in [0.29, 0.717) is 42.9 Å². The van der Waals surface area contributed by atoms with E-state index in [1.54, 1.807) is 24.3 Å². The number of hydrogen-bond acceptors (Lipinski definition) is 6. The summed E-state index contributed by atoms with van der Waals surface area (Å²) in [7, 11) is 0. The van der Waals surface area contributed by atoms with Crippen LogP contribution in [0.15, 0.2) is 36.5 Å². The van der Waals surface area contributed by atoms with Crippen LogP contribution in [0.3, 0.4) is 0 Å². The highest BCUT2D eigenvalue weighted by atomic mass is 19.1. The molecule has 3 aliphatic heterocycles. The summed E-state index contributed by atoms with van der Waals surface area (Å²) in [6.07, 6.45) is 4.76. The highest BCUT2D eigenvalue weighted by molar-refractivity contribution is 6.00. The molecule has 4 heterocycles. The predicted octanol–water partition coefficient (Wildman–Crippen LogP) is 4.61. The van der Waals surface area contributed by atoms with Gasteiger partial charge in [0, 0.05) is 41.5 Å². The second-order valence-corrected chi connectivity index (χ2v) is 12.8. The first-order valence-corrected chi connectivity index (χ1v) is 14.9. The third kappa shape index (κ3) is 6.83. The molecular weight excluding hydrogens is 539 g/mol. The largest absolute Gasteiger partial charge is 0.465 e. The summed E-state index contributed by atoms with van der Waals surface area (Å²) >= 11 is 0. The Morgan fingerprint density at radius 1 is 1.00 bits per heavy atom. The second kappa shape index (κ2) is 12.2. The van der Waals surface area contributed by atoms with Gasteiger partial charge in [-0.15, -0.1) is 0 Å². The Labute approximate surface area is 246 Å². The highest BCUT2D eigenvalue weighted by Crippen LogP contribution is 2.30. The quantitative estimate of drug-likeness (QED) is 0.377. The van der Waals surface area contributed by atoms with E-state index in [0.717, 1.165) is 44.7 Å². The first kappa shape index (κ1) is 29.8. The standard InChI is InChI=1S/C31H41FN6O4/c1-31(2,3)38(30(41)42)24-9-7-22(8-10-24)35-29(40)25-16-21(32)17-33-27(25)34-23-6-4-5-20(15-23)28(39)36-26-18-37-13-11-19(26)12-14-37/h4-6,15-17,19,22,24,26H,7-14,18H2,1-3H3,(H,33,34)(H,35,40)(H,36,39)(H,41,42). The smallest absolute Gasteiger partial charge is 0.407 e. The van der Waals surface area contributed by atoms with Crippen LogP contribution in [0.2, 0.25) is 0 Å². The number of piperidine rings is 3. The second-order valence-electron chi connectivity index (χ2n) is 12.8. The van der Waals surface area contributed by atoms with E-state index in [2.05, 4.69) is 25.8 Å². The molecule has 4 aliphatic rings. The van der Waals surface area contributed by atoms with Gasteiger partial charge < -0.3 is 30.9 Å². The van der Waals surface area contributed by atoms with E-state index in [4.69, 9.17) is 0 Å². The zero-order chi connectivity index (χ0) is 30.0. The van der Waals surface area contributed by atoms with Gasteiger partial charge in [-0.25, -0.2) is 14.2 Å². The summed E-state index contributed by atoms with van der Waals surface area (Å²) in [6.45, 7) is 8.70. The van der Waals surface area contributed by atoms with Gasteiger partial charge in [0.1, 0.15) is 11.6 Å². The molecule has 1 atom stereocenters. The number of carbonyl (C=O) groups excluding carboxylic acids is 2. The van der Waals surface area contributed by atoms with Crippen molar-refractivity contribution in [3.63, 3.8) is 0 Å². The van der Waals surface area contributed by atoms with Gasteiger partial charge in [0.25, 0.3) is 11.8 Å². The van der Waals surface area contributed by atoms with Crippen molar-refractivity contribution in [2.24, 2.45) is 5.92 Å². The molecule has 42 heavy (non-hydrogen) atoms. The molecule has 0 radical (unpaired) electrons. The summed E-state index contributed by atoms with van der Waals surface area (Å²) in [6, 6.07) is 7.96. The molecule has 0 spiro atoms. The molecule has 2 aromatic rings. The van der Waals surface area contributed by atoms with Gasteiger partial charge in [0.15, 0.2) is 0 Å². The van der Waals surface area contributed by atoms with Gasteiger partial charge in [-0.3, -0.25) is 9.59 Å². The van der Waals surface area contributed by atoms with Crippen LogP contribution in [0.4, 0.5) is 20.7 Å². The van der Waals surface area contributed by atoms with Crippen LogP contribution < -0.4 is 16.0 Å². The van der Waals surface area contributed by atoms with Crippen LogP contribution in [0.25, 0.3) is 0 Å². The number of carboxylic acid groups (broad SMARTS) is 1. The maximum absolute atomic E-state index is 14.2. The number of halogens is 1. The van der Waals surface area contributed by atoms with Crippen LogP contribution in [-0.4, -0.2) is 81.1 Å². The number of benzene rings is 1. The van der Waals surface area contributed by atoms with Crippen LogP contribution in [0.5, 0.6) is 0 Å². The van der Waals surface area contributed by atoms with Gasteiger partial charge in [0.2, 0.25) is 0 Å². The number of amides is 3. The van der Waals surface area contributed by atoms with Gasteiger partial charge in [-0.2, -0.15) is 0 Å². The Hall–Kier alpha value is -3.73. The fraction of sp³-hybridized carbons (Fsp3) is 0.548. The minimum Gasteiger partial charge on any atom is -0.465 e. The molecule has 10 nitrogen and oxygen atoms in total. The predicted molar refractivity (Wildman–Crippen MR) is 157 cm³/mol. The zero-order valence-electron chi connectivity index (χ0n) is 24.5. The number of pyridine rings is 1. The lowest BCUT2D eigenvalue weighted by molar-refractivity contribution is 0.0519. The van der Waals surface area contributed by atoms with Crippen molar-refractivity contribution in [3.8, 4) is 0 Å². The maximum Gasteiger partial charge on any atom is 0.407 e. The van der Waals surface area contributed by atoms with Crippen LogP contribution >= 0.6 is 0 Å². The fourth-order valence-corrected chi connectivity index (χ4v) is 6.70. The molecule has 1 aromatic carbocycles. The normalized spacial score (nSPS) is 25.4. The van der Waals surface area contributed by atoms with Crippen molar-refractivity contribution in [3.05, 3.63) is 53.5 Å². The first-order chi connectivity index (χ1) is 20.0. The molecular formula is C31H41FN6O4. The number of anilines is 2. The topological polar surface area (TPSA) is 127 Å². The monoisotopic (exact) mass is 580 g/mol. The molecule has 3 amide bonds. The molecule has 3 saturated heterocycles. The minimum atomic E-state index is -0.947. The number of hydrogen-bond donors (Lipinski definition) is 4. The molecule has 226 valence electrons. The Bertz CT molecular complexity index is 1310. The van der Waals surface area contributed by atoms with Gasteiger partial charge in [-0.1, -0.05) is 6.07 Å². The molecule has 1 saturated carbocycles. The maximum atomic E-state index is 14.2. The molecule has 6 rings (SSSR count). The van der Waals surface area contributed by atoms with Gasteiger partial charge in [0.05, 0.1) is 11.8 Å². The average molecular weight is 581 g/mol. The van der Waals surface area contributed by atoms with Crippen molar-refractivity contribution < 1.29 is 23.9 Å². The van der Waals surface area contributed by atoms with Crippen molar-refractivity contribution in [1.82, 2.24) is 25.4 Å². The average Bonchev–Trinajstić information content (AvgIpc) is 2.95. The van der Waals surface area contributed by atoms with Crippen molar-refractivity contribution >= 4 is 29.4 Å². The van der Waals surface area contributed by atoms with Crippen LogP contribution in [0, 0.1) is 11.7 Å². The molecule has 4 N–H and O–H groups in total. The van der Waals surface area contributed by atoms with Crippen LogP contribution in [-0.2, 0) is 0 Å². The SMILES string of the molecule is CC(C)(C)N(C(=O)O)C1CCC(NC(=O)c2cc(F)cnc2Nc2cccc(C(=O)NC3CN4CCC3CC4)c2)CC1. The summed E-state index contributed by atoms with van der Waals surface area (Å²) in [5.74, 6) is -0.555. The van der Waals surface area contributed by atoms with E-state index in [1.165, 1.54) is 4.90 Å². The Morgan fingerprint density at radius 2 is 1.71 bits per heavy atom. The van der Waals surface area contributed by atoms with E-state index in [-0.39, 0.29) is 35.4 Å². The summed E-state index contributed by atoms with van der Waals surface area (Å²) < 4.78 is 14.2. The van der Waals surface area contributed by atoms with Crippen molar-refractivity contribution in [2.45, 2.75) is 83.0 Å². The summed E-state index contributed by atoms with van der Waals surface area (Å²) in [5.41, 5.74) is 0.584. The lowest BCUT2D eigenvalue weighted by Gasteiger charge is -2.44. The minimum absolute atomic E-state index is 0.0566. The molecule has 1 unspecified atom stereocenters. The van der Waals surface area contributed by atoms with Crippen molar-refractivity contribution in [2.75, 3.05) is 25.0 Å². The number of aromatic nitrogens is 1. The number of carbonyl (C=O) groups is 3. The highest BCUT2D eigenvalue weighted by Gasteiger charge is 2.37. The Balaban J connectivity index is 1.22. The number of nitrogens with one attached hydrogen (secondary N) is 3. The van der Waals surface area contributed by atoms with Crippen molar-refractivity contribution in [1.29, 1.82) is 0 Å². The van der Waals surface area contributed by atoms with Gasteiger partial charge in [-0.05, 0) is 103 Å². The Morgan fingerprint density at radius 3 is 2.33 bits per heavy atom. The Kier molecular flexibility index (Phi) is 8.68. The molecule has 4 fully saturated rings. The summed E-state index contributed by atoms with van der Waals surface area (Å²) in [4.78, 5) is 46.2. The lowest BCUT2D eigenvalue weighted by Crippen LogP contribution is -2.57. The van der Waals surface area contributed by atoms with E-state index in [1.807, 2.05) is 20.8 Å². The van der Waals surface area contributed by atoms with E-state index in [9.17, 15) is 23.9 Å². The van der Waals surface area contributed by atoms with Gasteiger partial charge >= 0.3 is 6.09 Å². The zero-order valence-corrected chi connectivity index (χ0v) is 24.5. The number of fused-ring (bicyclic) bond motifs is 3. The number of rotatable bonds is 7. The molecule has 1 aromatic heterocycles. The molecule has 11 heteroatoms. The third-order valence-electron chi connectivity index (χ3n) is 8.78. The third-order valence-corrected chi connectivity index (χ3v) is 8.78.